The summed E-state index contributed by atoms with van der Waals surface area (Å²) >= 11 is 0. The first-order valence-corrected chi connectivity index (χ1v) is 10.1. The highest BCUT2D eigenvalue weighted by atomic mass is 19.1. The van der Waals surface area contributed by atoms with Crippen LogP contribution in [0.25, 0.3) is 0 Å². The van der Waals surface area contributed by atoms with Crippen molar-refractivity contribution >= 4 is 11.6 Å². The van der Waals surface area contributed by atoms with Crippen LogP contribution in [0.3, 0.4) is 0 Å². The molecule has 4 nitrogen and oxygen atoms in total. The Labute approximate surface area is 169 Å². The van der Waals surface area contributed by atoms with E-state index in [1.807, 2.05) is 4.90 Å². The summed E-state index contributed by atoms with van der Waals surface area (Å²) in [6, 6.07) is 12.4. The Bertz CT molecular complexity index is 875. The van der Waals surface area contributed by atoms with Crippen molar-refractivity contribution in [1.29, 1.82) is 0 Å². The molecule has 0 radical (unpaired) electrons. The van der Waals surface area contributed by atoms with Gasteiger partial charge in [0.2, 0.25) is 5.91 Å². The van der Waals surface area contributed by atoms with E-state index in [2.05, 4.69) is 5.16 Å². The predicted octanol–water partition coefficient (Wildman–Crippen LogP) is 4.68. The topological polar surface area (TPSA) is 41.9 Å². The van der Waals surface area contributed by atoms with Gasteiger partial charge >= 0.3 is 0 Å². The van der Waals surface area contributed by atoms with Crippen molar-refractivity contribution in [3.63, 3.8) is 0 Å². The molecular formula is C23H24F2N2O2. The number of amides is 1. The second kappa shape index (κ2) is 8.72. The van der Waals surface area contributed by atoms with Gasteiger partial charge in [-0.15, -0.1) is 0 Å². The van der Waals surface area contributed by atoms with Gasteiger partial charge in [0.1, 0.15) is 11.6 Å². The standard InChI is InChI=1S/C23H24F2N2O2/c24-19-9-5-16(6-10-19)14-27(23(28)18-3-1-2-4-18)15-21-13-22(26-29-21)17-7-11-20(25)12-8-17/h5-12,18,21H,1-4,13-15H2. The molecule has 0 N–H and O–H groups in total. The molecule has 0 aromatic heterocycles. The van der Waals surface area contributed by atoms with Gasteiger partial charge in [-0.2, -0.15) is 0 Å². The molecule has 1 saturated carbocycles. The van der Waals surface area contributed by atoms with Crippen LogP contribution in [-0.2, 0) is 16.2 Å². The maximum absolute atomic E-state index is 13.2. The molecule has 4 rings (SSSR count). The third kappa shape index (κ3) is 4.81. The molecule has 0 saturated heterocycles. The normalized spacial score (nSPS) is 19.1. The molecule has 2 aromatic carbocycles. The third-order valence-electron chi connectivity index (χ3n) is 5.64. The zero-order valence-corrected chi connectivity index (χ0v) is 16.2. The summed E-state index contributed by atoms with van der Waals surface area (Å²) in [6.07, 6.45) is 4.31. The Morgan fingerprint density at radius 1 is 1.00 bits per heavy atom. The largest absolute Gasteiger partial charge is 0.390 e. The first-order valence-electron chi connectivity index (χ1n) is 10.1. The zero-order valence-electron chi connectivity index (χ0n) is 16.2. The fourth-order valence-corrected chi connectivity index (χ4v) is 4.06. The number of oxime groups is 1. The summed E-state index contributed by atoms with van der Waals surface area (Å²) < 4.78 is 26.4. The number of benzene rings is 2. The van der Waals surface area contributed by atoms with E-state index < -0.39 is 0 Å². The molecule has 1 fully saturated rings. The van der Waals surface area contributed by atoms with E-state index >= 15 is 0 Å². The molecule has 2 aliphatic rings. The third-order valence-corrected chi connectivity index (χ3v) is 5.64. The Morgan fingerprint density at radius 2 is 1.62 bits per heavy atom. The number of rotatable bonds is 6. The van der Waals surface area contributed by atoms with Crippen molar-refractivity contribution in [3.05, 3.63) is 71.3 Å². The van der Waals surface area contributed by atoms with E-state index in [1.165, 1.54) is 24.3 Å². The number of hydrogen-bond acceptors (Lipinski definition) is 3. The molecule has 1 aliphatic carbocycles. The van der Waals surface area contributed by atoms with Gasteiger partial charge < -0.3 is 9.74 Å². The molecule has 1 aliphatic heterocycles. The number of nitrogens with zero attached hydrogens (tertiary/aromatic N) is 2. The van der Waals surface area contributed by atoms with E-state index in [9.17, 15) is 13.6 Å². The summed E-state index contributed by atoms with van der Waals surface area (Å²) in [6.45, 7) is 0.836. The molecule has 2 aromatic rings. The molecular weight excluding hydrogens is 374 g/mol. The van der Waals surface area contributed by atoms with Crippen LogP contribution < -0.4 is 0 Å². The fraction of sp³-hybridized carbons (Fsp3) is 0.391. The summed E-state index contributed by atoms with van der Waals surface area (Å²) in [5, 5.41) is 4.15. The van der Waals surface area contributed by atoms with Crippen molar-refractivity contribution in [2.45, 2.75) is 44.8 Å². The first kappa shape index (κ1) is 19.6. The van der Waals surface area contributed by atoms with Gasteiger partial charge in [-0.3, -0.25) is 4.79 Å². The van der Waals surface area contributed by atoms with Gasteiger partial charge in [0, 0.05) is 18.9 Å². The van der Waals surface area contributed by atoms with Gasteiger partial charge in [-0.1, -0.05) is 42.3 Å². The van der Waals surface area contributed by atoms with Crippen LogP contribution in [0.15, 0.2) is 53.7 Å². The second-order valence-corrected chi connectivity index (χ2v) is 7.80. The monoisotopic (exact) mass is 398 g/mol. The maximum atomic E-state index is 13.2. The predicted molar refractivity (Wildman–Crippen MR) is 106 cm³/mol. The van der Waals surface area contributed by atoms with Crippen LogP contribution in [0.5, 0.6) is 0 Å². The molecule has 1 atom stereocenters. The average molecular weight is 398 g/mol. The van der Waals surface area contributed by atoms with Crippen LogP contribution in [0.1, 0.15) is 43.2 Å². The zero-order chi connectivity index (χ0) is 20.2. The average Bonchev–Trinajstić information content (AvgIpc) is 3.41. The molecule has 6 heteroatoms. The number of halogens is 2. The fourth-order valence-electron chi connectivity index (χ4n) is 4.06. The van der Waals surface area contributed by atoms with Gasteiger partial charge in [0.25, 0.3) is 0 Å². The molecule has 0 spiro atoms. The lowest BCUT2D eigenvalue weighted by Crippen LogP contribution is -2.40. The highest BCUT2D eigenvalue weighted by Crippen LogP contribution is 2.28. The minimum Gasteiger partial charge on any atom is -0.390 e. The summed E-state index contributed by atoms with van der Waals surface area (Å²) in [5.74, 6) is -0.406. The highest BCUT2D eigenvalue weighted by molar-refractivity contribution is 6.01. The molecule has 1 heterocycles. The Balaban J connectivity index is 1.44. The quantitative estimate of drug-likeness (QED) is 0.709. The Kier molecular flexibility index (Phi) is 5.88. The number of carbonyl (C=O) groups is 1. The smallest absolute Gasteiger partial charge is 0.226 e. The van der Waals surface area contributed by atoms with Crippen molar-refractivity contribution in [2.75, 3.05) is 6.54 Å². The summed E-state index contributed by atoms with van der Waals surface area (Å²) in [5.41, 5.74) is 2.46. The van der Waals surface area contributed by atoms with Gasteiger partial charge in [0.15, 0.2) is 6.10 Å². The molecule has 0 bridgehead atoms. The Hall–Kier alpha value is -2.76. The SMILES string of the molecule is O=C(C1CCCC1)N(Cc1ccc(F)cc1)CC1CC(c2ccc(F)cc2)=NO1. The summed E-state index contributed by atoms with van der Waals surface area (Å²) in [4.78, 5) is 20.5. The minimum absolute atomic E-state index is 0.0503. The highest BCUT2D eigenvalue weighted by Gasteiger charge is 2.31. The van der Waals surface area contributed by atoms with Crippen LogP contribution in [-0.4, -0.2) is 29.2 Å². The van der Waals surface area contributed by atoms with Crippen molar-refractivity contribution in [3.8, 4) is 0 Å². The molecule has 1 unspecified atom stereocenters. The van der Waals surface area contributed by atoms with Crippen molar-refractivity contribution in [1.82, 2.24) is 4.90 Å². The van der Waals surface area contributed by atoms with Crippen molar-refractivity contribution in [2.24, 2.45) is 11.1 Å². The first-order chi connectivity index (χ1) is 14.1. The van der Waals surface area contributed by atoms with E-state index in [4.69, 9.17) is 4.84 Å². The molecule has 1 amide bonds. The van der Waals surface area contributed by atoms with Crippen molar-refractivity contribution < 1.29 is 18.4 Å². The van der Waals surface area contributed by atoms with E-state index in [-0.39, 0.29) is 29.6 Å². The second-order valence-electron chi connectivity index (χ2n) is 7.80. The van der Waals surface area contributed by atoms with Crippen LogP contribution in [0, 0.1) is 17.6 Å². The molecule has 29 heavy (non-hydrogen) atoms. The maximum Gasteiger partial charge on any atom is 0.226 e. The van der Waals surface area contributed by atoms with Gasteiger partial charge in [0.05, 0.1) is 12.3 Å². The minimum atomic E-state index is -0.294. The van der Waals surface area contributed by atoms with E-state index in [0.29, 0.717) is 19.5 Å². The molecule has 152 valence electrons. The van der Waals surface area contributed by atoms with Gasteiger partial charge in [-0.25, -0.2) is 8.78 Å². The van der Waals surface area contributed by atoms with E-state index in [1.54, 1.807) is 24.3 Å². The summed E-state index contributed by atoms with van der Waals surface area (Å²) in [7, 11) is 0. The Morgan fingerprint density at radius 3 is 2.28 bits per heavy atom. The lowest BCUT2D eigenvalue weighted by Gasteiger charge is -2.27. The van der Waals surface area contributed by atoms with Crippen LogP contribution in [0.4, 0.5) is 8.78 Å². The lowest BCUT2D eigenvalue weighted by molar-refractivity contribution is -0.137. The van der Waals surface area contributed by atoms with Gasteiger partial charge in [-0.05, 0) is 48.2 Å². The van der Waals surface area contributed by atoms with Crippen LogP contribution >= 0.6 is 0 Å². The number of hydrogen-bond donors (Lipinski definition) is 0. The van der Waals surface area contributed by atoms with Crippen LogP contribution in [0.2, 0.25) is 0 Å². The lowest BCUT2D eigenvalue weighted by atomic mass is 10.0. The number of carbonyl (C=O) groups excluding carboxylic acids is 1. The van der Waals surface area contributed by atoms with E-state index in [0.717, 1.165) is 42.5 Å².